The van der Waals surface area contributed by atoms with E-state index in [0.29, 0.717) is 27.5 Å². The molecule has 1 aliphatic rings. The van der Waals surface area contributed by atoms with Crippen molar-refractivity contribution in [2.45, 2.75) is 19.8 Å². The molecule has 4 aromatic rings. The number of carbonyl (C=O) groups is 1. The lowest BCUT2D eigenvalue weighted by atomic mass is 9.97. The van der Waals surface area contributed by atoms with Gasteiger partial charge in [0.05, 0.1) is 23.0 Å². The Balaban J connectivity index is 1.74. The minimum Gasteiger partial charge on any atom is -0.285 e. The summed E-state index contributed by atoms with van der Waals surface area (Å²) in [6.45, 7) is 3.48. The van der Waals surface area contributed by atoms with Crippen LogP contribution in [0.15, 0.2) is 54.7 Å². The Morgan fingerprint density at radius 3 is 2.55 bits per heavy atom. The summed E-state index contributed by atoms with van der Waals surface area (Å²) in [7, 11) is 0. The number of hydrazine groups is 1. The molecule has 33 heavy (non-hydrogen) atoms. The van der Waals surface area contributed by atoms with Crippen molar-refractivity contribution in [2.24, 2.45) is 0 Å². The topological polar surface area (TPSA) is 86.3 Å². The molecule has 0 radical (unpaired) electrons. The maximum absolute atomic E-state index is 13.1. The summed E-state index contributed by atoms with van der Waals surface area (Å²) in [5, 5.41) is 16.9. The lowest BCUT2D eigenvalue weighted by molar-refractivity contribution is 0.0827. The molecular weight excluding hydrogens is 436 g/mol. The fourth-order valence-corrected chi connectivity index (χ4v) is 4.41. The maximum atomic E-state index is 13.1. The lowest BCUT2D eigenvalue weighted by Gasteiger charge is -2.16. The molecule has 0 saturated carbocycles. The molecule has 3 heterocycles. The summed E-state index contributed by atoms with van der Waals surface area (Å²) in [4.78, 5) is 17.8. The minimum absolute atomic E-state index is 0.218. The number of amides is 1. The number of nitrogens with zero attached hydrogens (tertiary/aromatic N) is 5. The molecule has 2 aromatic heterocycles. The second kappa shape index (κ2) is 8.66. The van der Waals surface area contributed by atoms with Crippen LogP contribution in [0.1, 0.15) is 34.5 Å². The molecule has 164 valence electrons. The molecule has 1 saturated heterocycles. The summed E-state index contributed by atoms with van der Waals surface area (Å²) in [5.41, 5.74) is 8.09. The lowest BCUT2D eigenvalue weighted by Crippen LogP contribution is -2.40. The van der Waals surface area contributed by atoms with E-state index in [1.165, 1.54) is 0 Å². The van der Waals surface area contributed by atoms with Gasteiger partial charge < -0.3 is 0 Å². The normalized spacial score (nSPS) is 13.8. The maximum Gasteiger partial charge on any atom is 0.271 e. The van der Waals surface area contributed by atoms with E-state index in [-0.39, 0.29) is 5.91 Å². The third-order valence-corrected chi connectivity index (χ3v) is 6.12. The molecule has 1 amide bonds. The van der Waals surface area contributed by atoms with Gasteiger partial charge in [-0.2, -0.15) is 10.4 Å². The first-order chi connectivity index (χ1) is 16.1. The quantitative estimate of drug-likeness (QED) is 0.483. The molecule has 0 bridgehead atoms. The standard InChI is InChI=1S/C25H21ClN6O/c1-16-22(25(33)30-31-12-4-5-13-31)24-28-15-21(20-7-3-2-6-18(20)14-27)23(32(24)29-16)17-8-10-19(26)11-9-17/h2-3,6-11,15H,4-5,12-13H2,1H3,(H,30,33). The van der Waals surface area contributed by atoms with E-state index in [1.807, 2.05) is 42.3 Å². The van der Waals surface area contributed by atoms with Crippen molar-refractivity contribution in [1.29, 1.82) is 5.26 Å². The molecule has 8 heteroatoms. The van der Waals surface area contributed by atoms with E-state index < -0.39 is 0 Å². The van der Waals surface area contributed by atoms with Crippen LogP contribution in [0, 0.1) is 18.3 Å². The van der Waals surface area contributed by atoms with Crippen LogP contribution in [0.3, 0.4) is 0 Å². The van der Waals surface area contributed by atoms with Crippen molar-refractivity contribution >= 4 is 23.2 Å². The van der Waals surface area contributed by atoms with Gasteiger partial charge in [0.2, 0.25) is 0 Å². The summed E-state index contributed by atoms with van der Waals surface area (Å²) in [6, 6.07) is 17.0. The van der Waals surface area contributed by atoms with Gasteiger partial charge in [-0.3, -0.25) is 10.2 Å². The van der Waals surface area contributed by atoms with Gasteiger partial charge in [0.15, 0.2) is 5.65 Å². The van der Waals surface area contributed by atoms with Crippen molar-refractivity contribution in [3.63, 3.8) is 0 Å². The first kappa shape index (κ1) is 21.1. The monoisotopic (exact) mass is 456 g/mol. The highest BCUT2D eigenvalue weighted by Gasteiger charge is 2.25. The third kappa shape index (κ3) is 3.84. The molecule has 0 atom stereocenters. The van der Waals surface area contributed by atoms with E-state index in [4.69, 9.17) is 16.7 Å². The zero-order chi connectivity index (χ0) is 22.9. The second-order valence-corrected chi connectivity index (χ2v) is 8.45. The minimum atomic E-state index is -0.218. The number of halogens is 1. The molecular formula is C25H21ClN6O. The average molecular weight is 457 g/mol. The SMILES string of the molecule is Cc1nn2c(-c3ccc(Cl)cc3)c(-c3ccccc3C#N)cnc2c1C(=O)NN1CCCC1. The predicted octanol–water partition coefficient (Wildman–Crippen LogP) is 4.64. The summed E-state index contributed by atoms with van der Waals surface area (Å²) in [6.07, 6.45) is 3.84. The van der Waals surface area contributed by atoms with Gasteiger partial charge in [-0.1, -0.05) is 41.9 Å². The highest BCUT2D eigenvalue weighted by Crippen LogP contribution is 2.35. The number of hydrogen-bond acceptors (Lipinski definition) is 5. The van der Waals surface area contributed by atoms with Crippen LogP contribution >= 0.6 is 11.6 Å². The number of fused-ring (bicyclic) bond motifs is 1. The van der Waals surface area contributed by atoms with Crippen molar-refractivity contribution in [1.82, 2.24) is 25.0 Å². The van der Waals surface area contributed by atoms with E-state index in [0.717, 1.165) is 48.3 Å². The Kier molecular flexibility index (Phi) is 5.55. The van der Waals surface area contributed by atoms with Crippen molar-refractivity contribution in [3.8, 4) is 28.5 Å². The van der Waals surface area contributed by atoms with Gasteiger partial charge in [-0.25, -0.2) is 14.5 Å². The van der Waals surface area contributed by atoms with Crippen LogP contribution in [-0.4, -0.2) is 38.6 Å². The first-order valence-corrected chi connectivity index (χ1v) is 11.1. The molecule has 5 rings (SSSR count). The number of aromatic nitrogens is 3. The summed E-state index contributed by atoms with van der Waals surface area (Å²) in [5.74, 6) is -0.218. The number of rotatable bonds is 4. The number of aryl methyl sites for hydroxylation is 1. The predicted molar refractivity (Wildman–Crippen MR) is 127 cm³/mol. The number of nitriles is 1. The molecule has 0 aliphatic carbocycles. The van der Waals surface area contributed by atoms with Crippen LogP contribution in [-0.2, 0) is 0 Å². The molecule has 7 nitrogen and oxygen atoms in total. The number of benzene rings is 2. The van der Waals surface area contributed by atoms with E-state index in [1.54, 1.807) is 28.9 Å². The summed E-state index contributed by atoms with van der Waals surface area (Å²) >= 11 is 6.14. The Bertz CT molecular complexity index is 1400. The Morgan fingerprint density at radius 2 is 1.82 bits per heavy atom. The zero-order valence-electron chi connectivity index (χ0n) is 18.0. The van der Waals surface area contributed by atoms with Gasteiger partial charge >= 0.3 is 0 Å². The highest BCUT2D eigenvalue weighted by molar-refractivity contribution is 6.30. The molecule has 0 spiro atoms. The third-order valence-electron chi connectivity index (χ3n) is 5.87. The molecule has 0 unspecified atom stereocenters. The molecule has 1 N–H and O–H groups in total. The van der Waals surface area contributed by atoms with Crippen molar-refractivity contribution in [2.75, 3.05) is 13.1 Å². The van der Waals surface area contributed by atoms with E-state index >= 15 is 0 Å². The van der Waals surface area contributed by atoms with E-state index in [2.05, 4.69) is 16.5 Å². The number of hydrogen-bond donors (Lipinski definition) is 1. The van der Waals surface area contributed by atoms with Crippen LogP contribution in [0.25, 0.3) is 28.0 Å². The van der Waals surface area contributed by atoms with Gasteiger partial charge in [0.1, 0.15) is 5.56 Å². The Labute approximate surface area is 196 Å². The molecule has 2 aromatic carbocycles. The Morgan fingerprint density at radius 1 is 1.09 bits per heavy atom. The second-order valence-electron chi connectivity index (χ2n) is 8.02. The summed E-state index contributed by atoms with van der Waals surface area (Å²) < 4.78 is 1.70. The van der Waals surface area contributed by atoms with Crippen LogP contribution < -0.4 is 5.43 Å². The van der Waals surface area contributed by atoms with Gasteiger partial charge in [0, 0.05) is 41.0 Å². The van der Waals surface area contributed by atoms with E-state index in [9.17, 15) is 10.1 Å². The van der Waals surface area contributed by atoms with Gasteiger partial charge in [0.25, 0.3) is 5.91 Å². The fraction of sp³-hybridized carbons (Fsp3) is 0.200. The molecule has 1 aliphatic heterocycles. The van der Waals surface area contributed by atoms with Gasteiger partial charge in [-0.05, 0) is 38.0 Å². The van der Waals surface area contributed by atoms with Crippen LogP contribution in [0.2, 0.25) is 5.02 Å². The van der Waals surface area contributed by atoms with Crippen LogP contribution in [0.5, 0.6) is 0 Å². The first-order valence-electron chi connectivity index (χ1n) is 10.8. The fourth-order valence-electron chi connectivity index (χ4n) is 4.28. The average Bonchev–Trinajstić information content (AvgIpc) is 3.45. The highest BCUT2D eigenvalue weighted by atomic mass is 35.5. The van der Waals surface area contributed by atoms with Crippen LogP contribution in [0.4, 0.5) is 0 Å². The Hall–Kier alpha value is -3.73. The van der Waals surface area contributed by atoms with Crippen molar-refractivity contribution in [3.05, 3.63) is 76.6 Å². The van der Waals surface area contributed by atoms with Gasteiger partial charge in [-0.15, -0.1) is 0 Å². The number of carbonyl (C=O) groups excluding carboxylic acids is 1. The zero-order valence-corrected chi connectivity index (χ0v) is 18.8. The smallest absolute Gasteiger partial charge is 0.271 e. The largest absolute Gasteiger partial charge is 0.285 e. The molecule has 1 fully saturated rings. The van der Waals surface area contributed by atoms with Crippen molar-refractivity contribution < 1.29 is 4.79 Å². The number of nitrogens with one attached hydrogen (secondary N) is 1.